The van der Waals surface area contributed by atoms with Crippen LogP contribution in [0.1, 0.15) is 42.5 Å². The van der Waals surface area contributed by atoms with Crippen molar-refractivity contribution >= 4 is 11.6 Å². The van der Waals surface area contributed by atoms with E-state index in [9.17, 15) is 18.0 Å². The summed E-state index contributed by atoms with van der Waals surface area (Å²) >= 11 is 0. The average Bonchev–Trinajstić information content (AvgIpc) is 2.92. The second-order valence-corrected chi connectivity index (χ2v) is 9.03. The van der Waals surface area contributed by atoms with E-state index in [2.05, 4.69) is 9.88 Å². The maximum atomic E-state index is 13.2. The number of pyridine rings is 1. The molecule has 0 unspecified atom stereocenters. The van der Waals surface area contributed by atoms with Crippen LogP contribution in [0.4, 0.5) is 18.9 Å². The van der Waals surface area contributed by atoms with E-state index in [1.165, 1.54) is 6.07 Å². The van der Waals surface area contributed by atoms with Crippen LogP contribution in [0.3, 0.4) is 0 Å². The molecule has 194 valence electrons. The summed E-state index contributed by atoms with van der Waals surface area (Å²) in [5, 5.41) is 17.8. The Morgan fingerprint density at radius 1 is 1.00 bits per heavy atom. The lowest BCUT2D eigenvalue weighted by atomic mass is 9.95. The first-order chi connectivity index (χ1) is 17.8. The topological polar surface area (TPSA) is 102 Å². The molecule has 2 fully saturated rings. The van der Waals surface area contributed by atoms with Crippen LogP contribution in [0.2, 0.25) is 0 Å². The number of ether oxygens (including phenoxy) is 2. The standard InChI is InChI=1S/C26H26F3N5O3/c27-26(28,29)24-13-23(4-1-18(24)14-30)37-22-7-5-21(6-8-22)36-17-25(35)34-11-9-33(10-12-34)20-3-2-19(15-31)32-16-20/h1-4,13,16,21-22H,5-12,17H2/t21-,22-. The lowest BCUT2D eigenvalue weighted by Crippen LogP contribution is -2.50. The molecule has 0 spiro atoms. The van der Waals surface area contributed by atoms with E-state index in [-0.39, 0.29) is 30.5 Å². The number of carbonyl (C=O) groups excluding carboxylic acids is 1. The Balaban J connectivity index is 1.19. The molecule has 1 aliphatic heterocycles. The van der Waals surface area contributed by atoms with Gasteiger partial charge in [-0.15, -0.1) is 0 Å². The van der Waals surface area contributed by atoms with Crippen LogP contribution in [0.5, 0.6) is 5.75 Å². The van der Waals surface area contributed by atoms with Crippen molar-refractivity contribution in [1.29, 1.82) is 10.5 Å². The first-order valence-corrected chi connectivity index (χ1v) is 12.1. The molecule has 0 N–H and O–H groups in total. The van der Waals surface area contributed by atoms with Gasteiger partial charge in [0.1, 0.15) is 24.1 Å². The highest BCUT2D eigenvalue weighted by atomic mass is 19.4. The van der Waals surface area contributed by atoms with Gasteiger partial charge in [0.25, 0.3) is 0 Å². The number of nitriles is 2. The number of anilines is 1. The lowest BCUT2D eigenvalue weighted by Gasteiger charge is -2.36. The molecule has 37 heavy (non-hydrogen) atoms. The molecule has 0 radical (unpaired) electrons. The van der Waals surface area contributed by atoms with E-state index in [1.54, 1.807) is 23.2 Å². The van der Waals surface area contributed by atoms with Crippen molar-refractivity contribution in [3.8, 4) is 17.9 Å². The van der Waals surface area contributed by atoms with Gasteiger partial charge in [0.05, 0.1) is 41.3 Å². The number of hydrogen-bond acceptors (Lipinski definition) is 7. The summed E-state index contributed by atoms with van der Waals surface area (Å²) in [7, 11) is 0. The van der Waals surface area contributed by atoms with Crippen molar-refractivity contribution in [2.45, 2.75) is 44.1 Å². The molecule has 2 heterocycles. The van der Waals surface area contributed by atoms with E-state index in [0.717, 1.165) is 17.8 Å². The van der Waals surface area contributed by atoms with Gasteiger partial charge in [-0.1, -0.05) is 0 Å². The molecule has 4 rings (SSSR count). The molecular formula is C26H26F3N5O3. The number of rotatable bonds is 6. The number of alkyl halides is 3. The van der Waals surface area contributed by atoms with Gasteiger partial charge in [0.15, 0.2) is 0 Å². The fourth-order valence-electron chi connectivity index (χ4n) is 4.57. The maximum Gasteiger partial charge on any atom is 0.417 e. The number of halogens is 3. The number of carbonyl (C=O) groups is 1. The van der Waals surface area contributed by atoms with Gasteiger partial charge in [0, 0.05) is 26.2 Å². The van der Waals surface area contributed by atoms with E-state index < -0.39 is 17.3 Å². The molecule has 1 saturated carbocycles. The first kappa shape index (κ1) is 26.2. The molecule has 0 atom stereocenters. The monoisotopic (exact) mass is 513 g/mol. The zero-order chi connectivity index (χ0) is 26.4. The summed E-state index contributed by atoms with van der Waals surface area (Å²) < 4.78 is 51.1. The van der Waals surface area contributed by atoms with Gasteiger partial charge in [-0.2, -0.15) is 23.7 Å². The van der Waals surface area contributed by atoms with Gasteiger partial charge in [-0.05, 0) is 56.0 Å². The highest BCUT2D eigenvalue weighted by Crippen LogP contribution is 2.35. The van der Waals surface area contributed by atoms with Crippen LogP contribution in [0, 0.1) is 22.7 Å². The van der Waals surface area contributed by atoms with Gasteiger partial charge < -0.3 is 19.3 Å². The van der Waals surface area contributed by atoms with E-state index in [0.29, 0.717) is 57.6 Å². The highest BCUT2D eigenvalue weighted by Gasteiger charge is 2.34. The van der Waals surface area contributed by atoms with E-state index in [1.807, 2.05) is 12.1 Å². The summed E-state index contributed by atoms with van der Waals surface area (Å²) in [6.07, 6.45) is -0.865. The zero-order valence-electron chi connectivity index (χ0n) is 20.1. The van der Waals surface area contributed by atoms with Crippen LogP contribution in [0.15, 0.2) is 36.5 Å². The fraction of sp³-hybridized carbons (Fsp3) is 0.462. The number of amides is 1. The lowest BCUT2D eigenvalue weighted by molar-refractivity contribution is -0.140. The molecule has 8 nitrogen and oxygen atoms in total. The average molecular weight is 514 g/mol. The molecule has 1 amide bonds. The molecule has 2 aromatic rings. The first-order valence-electron chi connectivity index (χ1n) is 12.1. The van der Waals surface area contributed by atoms with Gasteiger partial charge in [0.2, 0.25) is 5.91 Å². The Bertz CT molecular complexity index is 1170. The maximum absolute atomic E-state index is 13.2. The number of benzene rings is 1. The summed E-state index contributed by atoms with van der Waals surface area (Å²) in [5.41, 5.74) is -0.163. The van der Waals surface area contributed by atoms with Crippen LogP contribution in [0.25, 0.3) is 0 Å². The summed E-state index contributed by atoms with van der Waals surface area (Å²) in [4.78, 5) is 20.6. The molecule has 11 heteroatoms. The van der Waals surface area contributed by atoms with Crippen LogP contribution >= 0.6 is 0 Å². The van der Waals surface area contributed by atoms with Crippen molar-refractivity contribution in [3.05, 3.63) is 53.3 Å². The van der Waals surface area contributed by atoms with Crippen molar-refractivity contribution < 1.29 is 27.4 Å². The molecule has 1 aromatic heterocycles. The minimum atomic E-state index is -4.63. The van der Waals surface area contributed by atoms with Crippen molar-refractivity contribution in [1.82, 2.24) is 9.88 Å². The minimum absolute atomic E-state index is 0.0147. The zero-order valence-corrected chi connectivity index (χ0v) is 20.1. The van der Waals surface area contributed by atoms with Crippen LogP contribution < -0.4 is 9.64 Å². The Kier molecular flexibility index (Phi) is 8.14. The third kappa shape index (κ3) is 6.69. The second kappa shape index (κ2) is 11.5. The fourth-order valence-corrected chi connectivity index (χ4v) is 4.57. The predicted octanol–water partition coefficient (Wildman–Crippen LogP) is 3.90. The molecule has 1 aliphatic carbocycles. The minimum Gasteiger partial charge on any atom is -0.490 e. The molecular weight excluding hydrogens is 487 g/mol. The Hall–Kier alpha value is -3.83. The Morgan fingerprint density at radius 3 is 2.30 bits per heavy atom. The highest BCUT2D eigenvalue weighted by molar-refractivity contribution is 5.77. The molecule has 1 aromatic carbocycles. The SMILES string of the molecule is N#Cc1ccc(N2CCN(C(=O)CO[C@H]3CC[C@H](Oc4ccc(C#N)c(C(F)(F)F)c4)CC3)CC2)cn1. The van der Waals surface area contributed by atoms with Gasteiger partial charge >= 0.3 is 6.18 Å². The Morgan fingerprint density at radius 2 is 1.70 bits per heavy atom. The van der Waals surface area contributed by atoms with E-state index in [4.69, 9.17) is 20.0 Å². The Labute approximate surface area is 212 Å². The smallest absolute Gasteiger partial charge is 0.417 e. The predicted molar refractivity (Wildman–Crippen MR) is 127 cm³/mol. The number of hydrogen-bond donors (Lipinski definition) is 0. The summed E-state index contributed by atoms with van der Waals surface area (Å²) in [6, 6.07) is 10.5. The third-order valence-corrected chi connectivity index (χ3v) is 6.64. The number of nitrogens with zero attached hydrogens (tertiary/aromatic N) is 5. The number of piperazine rings is 1. The van der Waals surface area contributed by atoms with Crippen LogP contribution in [-0.4, -0.2) is 60.8 Å². The second-order valence-electron chi connectivity index (χ2n) is 9.03. The molecule has 1 saturated heterocycles. The quantitative estimate of drug-likeness (QED) is 0.577. The van der Waals surface area contributed by atoms with E-state index >= 15 is 0 Å². The third-order valence-electron chi connectivity index (χ3n) is 6.64. The molecule has 2 aliphatic rings. The largest absolute Gasteiger partial charge is 0.490 e. The number of aromatic nitrogens is 1. The van der Waals surface area contributed by atoms with Gasteiger partial charge in [-0.25, -0.2) is 4.98 Å². The van der Waals surface area contributed by atoms with Crippen LogP contribution in [-0.2, 0) is 15.7 Å². The normalized spacial score (nSPS) is 20.1. The van der Waals surface area contributed by atoms with Crippen molar-refractivity contribution in [2.24, 2.45) is 0 Å². The molecule has 0 bridgehead atoms. The summed E-state index contributed by atoms with van der Waals surface area (Å²) in [5.74, 6) is 0.00930. The van der Waals surface area contributed by atoms with Gasteiger partial charge in [-0.3, -0.25) is 4.79 Å². The summed E-state index contributed by atoms with van der Waals surface area (Å²) in [6.45, 7) is 2.43. The van der Waals surface area contributed by atoms with Crippen molar-refractivity contribution in [2.75, 3.05) is 37.7 Å². The van der Waals surface area contributed by atoms with Crippen molar-refractivity contribution in [3.63, 3.8) is 0 Å².